The molecule has 0 amide bonds. The molecular formula is C33H43FN2O2. The summed E-state index contributed by atoms with van der Waals surface area (Å²) in [7, 11) is 1.50. The Morgan fingerprint density at radius 1 is 1.18 bits per heavy atom. The molecule has 204 valence electrons. The van der Waals surface area contributed by atoms with E-state index in [2.05, 4.69) is 54.7 Å². The number of rotatable bonds is 5. The molecule has 0 saturated heterocycles. The number of Topliss-reactive ketones (excluding diaryl/α,β-unsaturated/α-hetero) is 1. The number of methoxy groups -OCH3 is 1. The Morgan fingerprint density at radius 3 is 2.47 bits per heavy atom. The maximum Gasteiger partial charge on any atom is 0.155 e. The molecule has 1 aliphatic carbocycles. The Bertz CT molecular complexity index is 1330. The predicted octanol–water partition coefficient (Wildman–Crippen LogP) is 8.17. The van der Waals surface area contributed by atoms with E-state index < -0.39 is 0 Å². The van der Waals surface area contributed by atoms with E-state index in [4.69, 9.17) is 4.98 Å². The Balaban J connectivity index is 0.000000443. The van der Waals surface area contributed by atoms with Crippen LogP contribution < -0.4 is 0 Å². The molecule has 0 N–H and O–H groups in total. The smallest absolute Gasteiger partial charge is 0.155 e. The molecule has 2 aromatic rings. The first-order valence-electron chi connectivity index (χ1n) is 14.0. The zero-order valence-corrected chi connectivity index (χ0v) is 24.4. The second-order valence-corrected chi connectivity index (χ2v) is 9.66. The molecular weight excluding hydrogens is 475 g/mol. The number of benzene rings is 1. The van der Waals surface area contributed by atoms with Gasteiger partial charge in [-0.3, -0.25) is 4.79 Å². The molecule has 5 rings (SSSR count). The van der Waals surface area contributed by atoms with Crippen LogP contribution in [0.1, 0.15) is 88.8 Å². The van der Waals surface area contributed by atoms with Crippen molar-refractivity contribution in [3.63, 3.8) is 0 Å². The van der Waals surface area contributed by atoms with E-state index in [0.717, 1.165) is 55.4 Å². The molecule has 0 spiro atoms. The average molecular weight is 519 g/mol. The van der Waals surface area contributed by atoms with Crippen LogP contribution in [0.4, 0.5) is 4.39 Å². The number of allylic oxidation sites excluding steroid dienone is 6. The van der Waals surface area contributed by atoms with Crippen molar-refractivity contribution in [3.05, 3.63) is 81.0 Å². The second kappa shape index (κ2) is 13.1. The molecule has 0 bridgehead atoms. The molecule has 38 heavy (non-hydrogen) atoms. The topological polar surface area (TPSA) is 42.4 Å². The number of carbonyl (C=O) groups is 1. The molecule has 2 aliphatic heterocycles. The first-order valence-corrected chi connectivity index (χ1v) is 14.0. The van der Waals surface area contributed by atoms with Gasteiger partial charge in [-0.25, -0.2) is 9.37 Å². The van der Waals surface area contributed by atoms with Gasteiger partial charge < -0.3 is 9.64 Å². The predicted molar refractivity (Wildman–Crippen MR) is 156 cm³/mol. The molecule has 0 atom stereocenters. The number of aromatic nitrogens is 1. The summed E-state index contributed by atoms with van der Waals surface area (Å²) in [5.74, 6) is -0.0582. The Hall–Kier alpha value is -3.05. The number of aryl methyl sites for hydroxylation is 2. The highest BCUT2D eigenvalue weighted by Gasteiger charge is 2.35. The minimum Gasteiger partial charge on any atom is -0.377 e. The Labute approximate surface area is 228 Å². The highest BCUT2D eigenvalue weighted by Crippen LogP contribution is 2.47. The minimum atomic E-state index is -0.125. The van der Waals surface area contributed by atoms with Crippen LogP contribution in [0.2, 0.25) is 0 Å². The van der Waals surface area contributed by atoms with Crippen LogP contribution in [0.5, 0.6) is 0 Å². The van der Waals surface area contributed by atoms with Gasteiger partial charge in [0.1, 0.15) is 12.4 Å². The molecule has 4 nitrogen and oxygen atoms in total. The van der Waals surface area contributed by atoms with E-state index >= 15 is 0 Å². The maximum absolute atomic E-state index is 14.7. The minimum absolute atomic E-state index is 0.0671. The van der Waals surface area contributed by atoms with E-state index in [1.165, 1.54) is 58.7 Å². The number of hydrogen-bond acceptors (Lipinski definition) is 4. The molecule has 3 heterocycles. The van der Waals surface area contributed by atoms with Crippen LogP contribution in [-0.2, 0) is 28.9 Å². The summed E-state index contributed by atoms with van der Waals surface area (Å²) >= 11 is 0. The van der Waals surface area contributed by atoms with Gasteiger partial charge >= 0.3 is 0 Å². The lowest BCUT2D eigenvalue weighted by molar-refractivity contribution is -0.120. The van der Waals surface area contributed by atoms with Gasteiger partial charge in [0, 0.05) is 29.8 Å². The quantitative estimate of drug-likeness (QED) is 0.400. The monoisotopic (exact) mass is 518 g/mol. The van der Waals surface area contributed by atoms with Crippen molar-refractivity contribution in [2.24, 2.45) is 0 Å². The van der Waals surface area contributed by atoms with Gasteiger partial charge in [0.15, 0.2) is 5.78 Å². The second-order valence-electron chi connectivity index (χ2n) is 9.66. The van der Waals surface area contributed by atoms with Gasteiger partial charge in [-0.15, -0.1) is 0 Å². The number of hydrogen-bond donors (Lipinski definition) is 0. The third kappa shape index (κ3) is 5.54. The van der Waals surface area contributed by atoms with Gasteiger partial charge in [0.25, 0.3) is 0 Å². The van der Waals surface area contributed by atoms with E-state index in [0.29, 0.717) is 0 Å². The van der Waals surface area contributed by atoms with Crippen molar-refractivity contribution in [2.75, 3.05) is 13.7 Å². The number of carbonyl (C=O) groups excluding carboxylic acids is 1. The van der Waals surface area contributed by atoms with Crippen molar-refractivity contribution in [3.8, 4) is 0 Å². The highest BCUT2D eigenvalue weighted by atomic mass is 19.1. The summed E-state index contributed by atoms with van der Waals surface area (Å²) in [5.41, 5.74) is 11.7. The first kappa shape index (κ1) is 29.5. The maximum atomic E-state index is 14.7. The van der Waals surface area contributed by atoms with E-state index in [1.54, 1.807) is 6.07 Å². The normalized spacial score (nSPS) is 16.6. The SMILES string of the molecule is C/C=C/C1=C(CC)C(=CCC)N2Cc3c(nc4cc(F)c(C)c5c4c3CCC5)C2=C1.CC.COCC(C)=O. The van der Waals surface area contributed by atoms with Gasteiger partial charge in [0.05, 0.1) is 23.5 Å². The van der Waals surface area contributed by atoms with Gasteiger partial charge in [0.2, 0.25) is 0 Å². The van der Waals surface area contributed by atoms with Crippen molar-refractivity contribution < 1.29 is 13.9 Å². The summed E-state index contributed by atoms with van der Waals surface area (Å²) in [4.78, 5) is 17.4. The zero-order valence-electron chi connectivity index (χ0n) is 24.4. The van der Waals surface area contributed by atoms with Crippen molar-refractivity contribution in [1.82, 2.24) is 9.88 Å². The number of nitrogens with zero attached hydrogens (tertiary/aromatic N) is 2. The van der Waals surface area contributed by atoms with E-state index in [9.17, 15) is 9.18 Å². The van der Waals surface area contributed by atoms with Crippen LogP contribution >= 0.6 is 0 Å². The van der Waals surface area contributed by atoms with Crippen molar-refractivity contribution in [2.45, 2.75) is 87.1 Å². The molecule has 5 heteroatoms. The molecule has 0 radical (unpaired) electrons. The fraction of sp³-hybridized carbons (Fsp3) is 0.455. The molecule has 0 saturated carbocycles. The van der Waals surface area contributed by atoms with Crippen molar-refractivity contribution in [1.29, 1.82) is 0 Å². The third-order valence-corrected chi connectivity index (χ3v) is 7.21. The largest absolute Gasteiger partial charge is 0.377 e. The summed E-state index contributed by atoms with van der Waals surface area (Å²) in [6.45, 7) is 15.0. The summed E-state index contributed by atoms with van der Waals surface area (Å²) in [5, 5.41) is 1.22. The third-order valence-electron chi connectivity index (χ3n) is 7.21. The van der Waals surface area contributed by atoms with Gasteiger partial charge in [-0.2, -0.15) is 0 Å². The molecule has 0 unspecified atom stereocenters. The Morgan fingerprint density at radius 2 is 1.89 bits per heavy atom. The zero-order chi connectivity index (χ0) is 28.0. The molecule has 1 aromatic carbocycles. The van der Waals surface area contributed by atoms with Gasteiger partial charge in [-0.1, -0.05) is 45.9 Å². The highest BCUT2D eigenvalue weighted by molar-refractivity contribution is 5.92. The van der Waals surface area contributed by atoms with E-state index in [-0.39, 0.29) is 18.2 Å². The lowest BCUT2D eigenvalue weighted by atomic mass is 9.85. The number of pyridine rings is 1. The summed E-state index contributed by atoms with van der Waals surface area (Å²) < 4.78 is 19.1. The first-order chi connectivity index (χ1) is 18.4. The van der Waals surface area contributed by atoms with E-state index in [1.807, 2.05) is 20.8 Å². The summed E-state index contributed by atoms with van der Waals surface area (Å²) in [6.07, 6.45) is 14.0. The number of halogens is 1. The Kier molecular flexibility index (Phi) is 10.2. The molecule has 0 fully saturated rings. The van der Waals surface area contributed by atoms with Crippen LogP contribution in [0.15, 0.2) is 47.2 Å². The summed E-state index contributed by atoms with van der Waals surface area (Å²) in [6, 6.07) is 1.65. The fourth-order valence-electron chi connectivity index (χ4n) is 5.73. The lowest BCUT2D eigenvalue weighted by Crippen LogP contribution is -2.21. The molecule has 3 aliphatic rings. The van der Waals surface area contributed by atoms with Crippen LogP contribution in [0, 0.1) is 12.7 Å². The number of ketones is 1. The molecule has 1 aromatic heterocycles. The van der Waals surface area contributed by atoms with Crippen LogP contribution in [0.25, 0.3) is 16.6 Å². The lowest BCUT2D eigenvalue weighted by Gasteiger charge is -2.30. The van der Waals surface area contributed by atoms with Gasteiger partial charge in [-0.05, 0) is 86.8 Å². The number of ether oxygens (including phenoxy) is 1. The van der Waals surface area contributed by atoms with Crippen LogP contribution in [0.3, 0.4) is 0 Å². The van der Waals surface area contributed by atoms with Crippen molar-refractivity contribution >= 4 is 22.4 Å². The number of fused-ring (bicyclic) bond motifs is 4. The standard InChI is InChI=1S/C27H29FN2.C4H8O2.C2H6/c1-5-9-17-13-25-27-21(15-30(25)24(10-6-2)18(17)7-3)20-12-8-11-19-16(4)22(28)14-23(29-27)26(19)20;1-4(5)3-6-2;1-2/h5,9-10,13-14H,6-8,11-12,15H2,1-4H3;3H2,1-2H3;1-2H3/b9-5+,24-10?;;. The van der Waals surface area contributed by atoms with Crippen LogP contribution in [-0.4, -0.2) is 29.4 Å². The fourth-order valence-corrected chi connectivity index (χ4v) is 5.73. The average Bonchev–Trinajstić information content (AvgIpc) is 3.27.